The largest absolute Gasteiger partial charge is 0.341 e. The molecule has 1 aliphatic rings. The smallest absolute Gasteiger partial charge is 0.313 e. The van der Waals surface area contributed by atoms with E-state index in [1.54, 1.807) is 0 Å². The minimum Gasteiger partial charge on any atom is -0.341 e. The van der Waals surface area contributed by atoms with Crippen LogP contribution in [0.25, 0.3) is 0 Å². The van der Waals surface area contributed by atoms with E-state index in [4.69, 9.17) is 0 Å². The second kappa shape index (κ2) is 8.65. The molecule has 0 aliphatic heterocycles. The average Bonchev–Trinajstić information content (AvgIpc) is 2.71. The van der Waals surface area contributed by atoms with Gasteiger partial charge in [-0.1, -0.05) is 25.1 Å². The van der Waals surface area contributed by atoms with Gasteiger partial charge < -0.3 is 10.6 Å². The average molecular weight is 381 g/mol. The number of nitro groups is 1. The molecule has 7 nitrogen and oxygen atoms in total. The molecule has 0 heterocycles. The van der Waals surface area contributed by atoms with Gasteiger partial charge in [0.1, 0.15) is 0 Å². The van der Waals surface area contributed by atoms with Crippen molar-refractivity contribution in [1.29, 1.82) is 0 Å². The lowest BCUT2D eigenvalue weighted by atomic mass is 9.89. The molecule has 0 spiro atoms. The van der Waals surface area contributed by atoms with Gasteiger partial charge in [0.15, 0.2) is 0 Å². The summed E-state index contributed by atoms with van der Waals surface area (Å²) >= 11 is 0. The molecule has 0 saturated heterocycles. The predicted molar refractivity (Wildman–Crippen MR) is 106 cm³/mol. The molecule has 3 rings (SSSR count). The number of hydrogen-bond donors (Lipinski definition) is 2. The Labute approximate surface area is 163 Å². The SMILES string of the molecule is CCC(NC(=O)C(=O)Nc1ccc([N+](=O)[O-])cc1)c1ccc2c(c1)CCCC2. The van der Waals surface area contributed by atoms with Gasteiger partial charge in [-0.2, -0.15) is 0 Å². The van der Waals surface area contributed by atoms with E-state index in [1.165, 1.54) is 48.2 Å². The van der Waals surface area contributed by atoms with Gasteiger partial charge in [0, 0.05) is 17.8 Å². The van der Waals surface area contributed by atoms with Gasteiger partial charge in [-0.05, 0) is 60.9 Å². The summed E-state index contributed by atoms with van der Waals surface area (Å²) in [5.41, 5.74) is 3.94. The van der Waals surface area contributed by atoms with E-state index >= 15 is 0 Å². The zero-order valence-electron chi connectivity index (χ0n) is 15.7. The van der Waals surface area contributed by atoms with Gasteiger partial charge in [0.2, 0.25) is 0 Å². The molecule has 2 aromatic rings. The first kappa shape index (κ1) is 19.5. The minimum absolute atomic E-state index is 0.0825. The van der Waals surface area contributed by atoms with Crippen LogP contribution < -0.4 is 10.6 Å². The summed E-state index contributed by atoms with van der Waals surface area (Å²) < 4.78 is 0. The molecule has 2 aromatic carbocycles. The van der Waals surface area contributed by atoms with Crippen LogP contribution in [0.1, 0.15) is 48.9 Å². The first-order chi connectivity index (χ1) is 13.5. The van der Waals surface area contributed by atoms with E-state index < -0.39 is 16.7 Å². The van der Waals surface area contributed by atoms with Crippen molar-refractivity contribution in [2.45, 2.75) is 45.1 Å². The molecule has 2 amide bonds. The van der Waals surface area contributed by atoms with Crippen LogP contribution in [0, 0.1) is 10.1 Å². The number of nitrogens with zero attached hydrogens (tertiary/aromatic N) is 1. The fraction of sp³-hybridized carbons (Fsp3) is 0.333. The quantitative estimate of drug-likeness (QED) is 0.469. The van der Waals surface area contributed by atoms with Gasteiger partial charge >= 0.3 is 11.8 Å². The molecule has 1 unspecified atom stereocenters. The predicted octanol–water partition coefficient (Wildman–Crippen LogP) is 3.68. The molecular weight excluding hydrogens is 358 g/mol. The number of anilines is 1. The highest BCUT2D eigenvalue weighted by Gasteiger charge is 2.20. The van der Waals surface area contributed by atoms with E-state index in [1.807, 2.05) is 13.0 Å². The van der Waals surface area contributed by atoms with Crippen LogP contribution in [0.5, 0.6) is 0 Å². The van der Waals surface area contributed by atoms with E-state index in [0.29, 0.717) is 12.1 Å². The van der Waals surface area contributed by atoms with Crippen LogP contribution in [0.15, 0.2) is 42.5 Å². The third-order valence-corrected chi connectivity index (χ3v) is 5.03. The maximum absolute atomic E-state index is 12.3. The number of nitrogens with one attached hydrogen (secondary N) is 2. The fourth-order valence-corrected chi connectivity index (χ4v) is 3.47. The summed E-state index contributed by atoms with van der Waals surface area (Å²) in [4.78, 5) is 34.7. The monoisotopic (exact) mass is 381 g/mol. The standard InChI is InChI=1S/C21H23N3O4/c1-2-19(16-8-7-14-5-3-4-6-15(14)13-16)23-21(26)20(25)22-17-9-11-18(12-10-17)24(27)28/h7-13,19H,2-6H2,1H3,(H,22,25)(H,23,26). The van der Waals surface area contributed by atoms with Gasteiger partial charge in [-0.25, -0.2) is 0 Å². The molecule has 146 valence electrons. The van der Waals surface area contributed by atoms with E-state index in [9.17, 15) is 19.7 Å². The highest BCUT2D eigenvalue weighted by molar-refractivity contribution is 6.39. The van der Waals surface area contributed by atoms with Crippen LogP contribution in [0.3, 0.4) is 0 Å². The number of hydrogen-bond acceptors (Lipinski definition) is 4. The Morgan fingerprint density at radius 1 is 1.04 bits per heavy atom. The second-order valence-electron chi connectivity index (χ2n) is 6.93. The molecule has 0 fully saturated rings. The van der Waals surface area contributed by atoms with Crippen molar-refractivity contribution >= 4 is 23.2 Å². The molecule has 7 heteroatoms. The number of carbonyl (C=O) groups is 2. The third kappa shape index (κ3) is 4.54. The van der Waals surface area contributed by atoms with Crippen LogP contribution in [0.2, 0.25) is 0 Å². The number of fused-ring (bicyclic) bond motifs is 1. The van der Waals surface area contributed by atoms with Gasteiger partial charge in [0.05, 0.1) is 11.0 Å². The number of rotatable bonds is 5. The number of aryl methyl sites for hydroxylation is 2. The zero-order chi connectivity index (χ0) is 20.1. The maximum atomic E-state index is 12.3. The summed E-state index contributed by atoms with van der Waals surface area (Å²) in [6.07, 6.45) is 5.19. The van der Waals surface area contributed by atoms with Crippen molar-refractivity contribution in [2.75, 3.05) is 5.32 Å². The Bertz CT molecular complexity index is 893. The van der Waals surface area contributed by atoms with Crippen molar-refractivity contribution in [3.63, 3.8) is 0 Å². The number of non-ortho nitro benzene ring substituents is 1. The first-order valence-electron chi connectivity index (χ1n) is 9.46. The molecule has 2 N–H and O–H groups in total. The Hall–Kier alpha value is -3.22. The van der Waals surface area contributed by atoms with Crippen LogP contribution in [-0.2, 0) is 22.4 Å². The fourth-order valence-electron chi connectivity index (χ4n) is 3.47. The highest BCUT2D eigenvalue weighted by atomic mass is 16.6. The lowest BCUT2D eigenvalue weighted by molar-refractivity contribution is -0.384. The molecule has 28 heavy (non-hydrogen) atoms. The van der Waals surface area contributed by atoms with Crippen LogP contribution in [-0.4, -0.2) is 16.7 Å². The summed E-state index contributed by atoms with van der Waals surface area (Å²) in [5, 5.41) is 15.9. The third-order valence-electron chi connectivity index (χ3n) is 5.03. The van der Waals surface area contributed by atoms with Gasteiger partial charge in [-0.3, -0.25) is 19.7 Å². The first-order valence-corrected chi connectivity index (χ1v) is 9.46. The lowest BCUT2D eigenvalue weighted by Crippen LogP contribution is -2.37. The molecule has 0 radical (unpaired) electrons. The van der Waals surface area contributed by atoms with E-state index in [2.05, 4.69) is 22.8 Å². The lowest BCUT2D eigenvalue weighted by Gasteiger charge is -2.21. The number of nitro benzene ring substituents is 1. The molecule has 0 aromatic heterocycles. The van der Waals surface area contributed by atoms with Crippen molar-refractivity contribution in [2.24, 2.45) is 0 Å². The summed E-state index contributed by atoms with van der Waals surface area (Å²) in [6, 6.07) is 11.4. The summed E-state index contributed by atoms with van der Waals surface area (Å²) in [5.74, 6) is -1.53. The number of amides is 2. The Balaban J connectivity index is 1.64. The Morgan fingerprint density at radius 2 is 1.71 bits per heavy atom. The normalized spacial score (nSPS) is 13.9. The van der Waals surface area contributed by atoms with Crippen LogP contribution in [0.4, 0.5) is 11.4 Å². The van der Waals surface area contributed by atoms with Crippen molar-refractivity contribution in [1.82, 2.24) is 5.32 Å². The Kier molecular flexibility index (Phi) is 6.03. The topological polar surface area (TPSA) is 101 Å². The number of benzene rings is 2. The van der Waals surface area contributed by atoms with Crippen molar-refractivity contribution in [3.8, 4) is 0 Å². The van der Waals surface area contributed by atoms with Crippen molar-refractivity contribution < 1.29 is 14.5 Å². The highest BCUT2D eigenvalue weighted by Crippen LogP contribution is 2.26. The summed E-state index contributed by atoms with van der Waals surface area (Å²) in [6.45, 7) is 1.96. The molecule has 1 aliphatic carbocycles. The molecule has 0 saturated carbocycles. The summed E-state index contributed by atoms with van der Waals surface area (Å²) in [7, 11) is 0. The molecule has 1 atom stereocenters. The minimum atomic E-state index is -0.801. The van der Waals surface area contributed by atoms with Gasteiger partial charge in [0.25, 0.3) is 5.69 Å². The molecule has 0 bridgehead atoms. The second-order valence-corrected chi connectivity index (χ2v) is 6.93. The number of carbonyl (C=O) groups excluding carboxylic acids is 2. The van der Waals surface area contributed by atoms with Crippen LogP contribution >= 0.6 is 0 Å². The molecular formula is C21H23N3O4. The van der Waals surface area contributed by atoms with E-state index in [-0.39, 0.29) is 11.7 Å². The maximum Gasteiger partial charge on any atom is 0.313 e. The van der Waals surface area contributed by atoms with Crippen molar-refractivity contribution in [3.05, 3.63) is 69.3 Å². The zero-order valence-corrected chi connectivity index (χ0v) is 15.7. The van der Waals surface area contributed by atoms with Gasteiger partial charge in [-0.15, -0.1) is 0 Å². The van der Waals surface area contributed by atoms with E-state index in [0.717, 1.165) is 18.4 Å². The Morgan fingerprint density at radius 3 is 2.36 bits per heavy atom.